The minimum absolute atomic E-state index is 0. The van der Waals surface area contributed by atoms with Gasteiger partial charge in [-0.25, -0.2) is 4.99 Å². The molecule has 0 saturated heterocycles. The number of amides is 1. The van der Waals surface area contributed by atoms with Crippen LogP contribution >= 0.6 is 24.0 Å². The van der Waals surface area contributed by atoms with Gasteiger partial charge in [-0.2, -0.15) is 0 Å². The molecule has 0 bridgehead atoms. The maximum absolute atomic E-state index is 12.0. The van der Waals surface area contributed by atoms with Gasteiger partial charge in [0.1, 0.15) is 0 Å². The summed E-state index contributed by atoms with van der Waals surface area (Å²) in [6.45, 7) is 4.51. The fraction of sp³-hybridized carbons (Fsp3) is 0.417. The maximum atomic E-state index is 12.0. The largest absolute Gasteiger partial charge is 0.454 e. The summed E-state index contributed by atoms with van der Waals surface area (Å²) >= 11 is 0. The minimum Gasteiger partial charge on any atom is -0.454 e. The smallest absolute Gasteiger partial charge is 0.253 e. The summed E-state index contributed by atoms with van der Waals surface area (Å²) in [4.78, 5) is 18.3. The molecule has 1 heterocycles. The molecule has 0 radical (unpaired) electrons. The average Bonchev–Trinajstić information content (AvgIpc) is 3.43. The van der Waals surface area contributed by atoms with Gasteiger partial charge in [0.05, 0.1) is 6.54 Å². The predicted octanol–water partition coefficient (Wildman–Crippen LogP) is 3.52. The van der Waals surface area contributed by atoms with Crippen LogP contribution in [0.4, 0.5) is 0 Å². The molecule has 8 heteroatoms. The van der Waals surface area contributed by atoms with Crippen LogP contribution in [-0.4, -0.2) is 50.7 Å². The highest BCUT2D eigenvalue weighted by Crippen LogP contribution is 2.49. The van der Waals surface area contributed by atoms with E-state index in [2.05, 4.69) is 29.7 Å². The van der Waals surface area contributed by atoms with Gasteiger partial charge < -0.3 is 25.0 Å². The number of guanidine groups is 1. The second-order valence-electron chi connectivity index (χ2n) is 8.29. The van der Waals surface area contributed by atoms with E-state index < -0.39 is 0 Å². The molecule has 0 atom stereocenters. The van der Waals surface area contributed by atoms with Crippen molar-refractivity contribution in [3.63, 3.8) is 0 Å². The van der Waals surface area contributed by atoms with Crippen molar-refractivity contribution in [3.8, 4) is 11.5 Å². The number of hydrogen-bond acceptors (Lipinski definition) is 4. The van der Waals surface area contributed by atoms with Crippen LogP contribution in [0.25, 0.3) is 0 Å². The molecule has 7 nitrogen and oxygen atoms in total. The van der Waals surface area contributed by atoms with Crippen molar-refractivity contribution in [1.29, 1.82) is 0 Å². The van der Waals surface area contributed by atoms with Gasteiger partial charge in [-0.1, -0.05) is 18.2 Å². The molecule has 1 aliphatic carbocycles. The maximum Gasteiger partial charge on any atom is 0.253 e. The van der Waals surface area contributed by atoms with E-state index in [1.165, 1.54) is 5.56 Å². The topological polar surface area (TPSA) is 75.2 Å². The molecule has 0 spiro atoms. The number of carbonyl (C=O) groups is 1. The van der Waals surface area contributed by atoms with Crippen molar-refractivity contribution in [2.45, 2.75) is 31.7 Å². The number of nitrogens with zero attached hydrogens (tertiary/aromatic N) is 2. The van der Waals surface area contributed by atoms with Crippen LogP contribution in [0.2, 0.25) is 0 Å². The normalized spacial score (nSPS) is 15.5. The van der Waals surface area contributed by atoms with Crippen molar-refractivity contribution in [3.05, 3.63) is 59.2 Å². The molecule has 0 aromatic heterocycles. The molecule has 2 N–H and O–H groups in total. The van der Waals surface area contributed by atoms with Gasteiger partial charge >= 0.3 is 0 Å². The zero-order valence-corrected chi connectivity index (χ0v) is 21.1. The highest BCUT2D eigenvalue weighted by molar-refractivity contribution is 14.0. The fourth-order valence-electron chi connectivity index (χ4n) is 3.72. The van der Waals surface area contributed by atoms with Crippen molar-refractivity contribution in [2.75, 3.05) is 34.0 Å². The van der Waals surface area contributed by atoms with Gasteiger partial charge in [-0.3, -0.25) is 4.79 Å². The highest BCUT2D eigenvalue weighted by Gasteiger charge is 2.44. The SMILES string of the molecule is CCNC(=NCc1ccc(C(=O)N(C)C)cc1)NCC1(c2ccc3c(c2)OCO3)CC1.I. The third-order valence-corrected chi connectivity index (χ3v) is 5.80. The van der Waals surface area contributed by atoms with Gasteiger partial charge in [0, 0.05) is 38.2 Å². The van der Waals surface area contributed by atoms with E-state index in [0.29, 0.717) is 18.9 Å². The Bertz CT molecular complexity index is 972. The lowest BCUT2D eigenvalue weighted by Gasteiger charge is -2.19. The summed E-state index contributed by atoms with van der Waals surface area (Å²) in [5.41, 5.74) is 3.14. The lowest BCUT2D eigenvalue weighted by molar-refractivity contribution is 0.0827. The number of benzene rings is 2. The summed E-state index contributed by atoms with van der Waals surface area (Å²) in [5, 5.41) is 6.83. The molecule has 2 aliphatic rings. The van der Waals surface area contributed by atoms with Gasteiger partial charge in [-0.15, -0.1) is 24.0 Å². The third kappa shape index (κ3) is 5.46. The molecule has 32 heavy (non-hydrogen) atoms. The van der Waals surface area contributed by atoms with Crippen LogP contribution < -0.4 is 20.1 Å². The van der Waals surface area contributed by atoms with E-state index in [-0.39, 0.29) is 35.3 Å². The first kappa shape index (κ1) is 24.2. The number of fused-ring (bicyclic) bond motifs is 1. The molecule has 1 saturated carbocycles. The number of aliphatic imine (C=N–C) groups is 1. The highest BCUT2D eigenvalue weighted by atomic mass is 127. The number of halogens is 1. The minimum atomic E-state index is 0. The molecule has 0 unspecified atom stereocenters. The Kier molecular flexibility index (Phi) is 7.86. The van der Waals surface area contributed by atoms with Crippen LogP contribution in [0.15, 0.2) is 47.5 Å². The quantitative estimate of drug-likeness (QED) is 0.314. The summed E-state index contributed by atoms with van der Waals surface area (Å²) in [6.07, 6.45) is 2.28. The molecular weight excluding hydrogens is 519 g/mol. The van der Waals surface area contributed by atoms with Crippen molar-refractivity contribution >= 4 is 35.8 Å². The first-order chi connectivity index (χ1) is 15.0. The zero-order valence-electron chi connectivity index (χ0n) is 18.8. The standard InChI is InChI=1S/C24H30N4O3.HI/c1-4-25-23(26-14-17-5-7-18(8-6-17)22(29)28(2)3)27-15-24(11-12-24)19-9-10-20-21(13-19)31-16-30-20;/h5-10,13H,4,11-12,14-16H2,1-3H3,(H2,25,26,27);1H. The molecule has 1 fully saturated rings. The van der Waals surface area contributed by atoms with Crippen molar-refractivity contribution in [1.82, 2.24) is 15.5 Å². The van der Waals surface area contributed by atoms with Crippen molar-refractivity contribution in [2.24, 2.45) is 4.99 Å². The Morgan fingerprint density at radius 3 is 2.44 bits per heavy atom. The van der Waals surface area contributed by atoms with E-state index in [1.807, 2.05) is 30.3 Å². The Balaban J connectivity index is 0.00000289. The van der Waals surface area contributed by atoms with Crippen LogP contribution in [0.3, 0.4) is 0 Å². The molecule has 1 aliphatic heterocycles. The second kappa shape index (κ2) is 10.4. The molecular formula is C24H31IN4O3. The van der Waals surface area contributed by atoms with Gasteiger partial charge in [0.25, 0.3) is 5.91 Å². The van der Waals surface area contributed by atoms with E-state index in [4.69, 9.17) is 14.5 Å². The van der Waals surface area contributed by atoms with Crippen molar-refractivity contribution < 1.29 is 14.3 Å². The second-order valence-corrected chi connectivity index (χ2v) is 8.29. The van der Waals surface area contributed by atoms with Crippen LogP contribution in [0.5, 0.6) is 11.5 Å². The Morgan fingerprint density at radius 1 is 1.06 bits per heavy atom. The number of nitrogens with one attached hydrogen (secondary N) is 2. The van der Waals surface area contributed by atoms with Gasteiger partial charge in [-0.05, 0) is 55.2 Å². The van der Waals surface area contributed by atoms with Crippen LogP contribution in [-0.2, 0) is 12.0 Å². The summed E-state index contributed by atoms with van der Waals surface area (Å²) in [5.74, 6) is 2.45. The summed E-state index contributed by atoms with van der Waals surface area (Å²) in [7, 11) is 3.51. The van der Waals surface area contributed by atoms with Gasteiger partial charge in [0.2, 0.25) is 6.79 Å². The first-order valence-electron chi connectivity index (χ1n) is 10.7. The number of carbonyl (C=O) groups excluding carboxylic acids is 1. The van der Waals surface area contributed by atoms with Crippen LogP contribution in [0.1, 0.15) is 41.3 Å². The molecule has 2 aromatic carbocycles. The third-order valence-electron chi connectivity index (χ3n) is 5.80. The lowest BCUT2D eigenvalue weighted by atomic mass is 9.95. The van der Waals surface area contributed by atoms with Crippen LogP contribution in [0, 0.1) is 0 Å². The number of hydrogen-bond donors (Lipinski definition) is 2. The zero-order chi connectivity index (χ0) is 21.8. The monoisotopic (exact) mass is 550 g/mol. The Morgan fingerprint density at radius 2 is 1.78 bits per heavy atom. The predicted molar refractivity (Wildman–Crippen MR) is 136 cm³/mol. The number of rotatable bonds is 7. The fourth-order valence-corrected chi connectivity index (χ4v) is 3.72. The summed E-state index contributed by atoms with van der Waals surface area (Å²) in [6, 6.07) is 13.9. The summed E-state index contributed by atoms with van der Waals surface area (Å²) < 4.78 is 11.0. The Labute approximate surface area is 206 Å². The van der Waals surface area contributed by atoms with E-state index in [1.54, 1.807) is 19.0 Å². The molecule has 4 rings (SSSR count). The Hall–Kier alpha value is -2.49. The van der Waals surface area contributed by atoms with E-state index in [9.17, 15) is 4.79 Å². The molecule has 1 amide bonds. The molecule has 172 valence electrons. The molecule has 2 aromatic rings. The average molecular weight is 550 g/mol. The van der Waals surface area contributed by atoms with E-state index >= 15 is 0 Å². The van der Waals surface area contributed by atoms with Gasteiger partial charge in [0.15, 0.2) is 17.5 Å². The number of ether oxygens (including phenoxy) is 2. The van der Waals surface area contributed by atoms with E-state index in [0.717, 1.165) is 49.0 Å². The lowest BCUT2D eigenvalue weighted by Crippen LogP contribution is -2.41. The first-order valence-corrected chi connectivity index (χ1v) is 10.7.